The third-order valence-corrected chi connectivity index (χ3v) is 7.49. The fourth-order valence-electron chi connectivity index (χ4n) is 4.24. The molecule has 1 aromatic heterocycles. The quantitative estimate of drug-likeness (QED) is 0.530. The molecule has 4 rings (SSSR count). The minimum atomic E-state index is -3.85. The van der Waals surface area contributed by atoms with Gasteiger partial charge in [-0.25, -0.2) is 22.0 Å². The lowest BCUT2D eigenvalue weighted by Gasteiger charge is -2.32. The third kappa shape index (κ3) is 5.08. The molecule has 0 fully saturated rings. The van der Waals surface area contributed by atoms with Crippen molar-refractivity contribution in [1.82, 2.24) is 9.29 Å². The van der Waals surface area contributed by atoms with Gasteiger partial charge in [-0.05, 0) is 51.5 Å². The molecule has 9 nitrogen and oxygen atoms in total. The van der Waals surface area contributed by atoms with Gasteiger partial charge in [0.2, 0.25) is 0 Å². The number of primary amides is 1. The largest absolute Gasteiger partial charge is 0.447 e. The summed E-state index contributed by atoms with van der Waals surface area (Å²) in [5, 5.41) is 3.54. The lowest BCUT2D eigenvalue weighted by Crippen LogP contribution is -2.53. The van der Waals surface area contributed by atoms with Gasteiger partial charge >= 0.3 is 12.2 Å². The van der Waals surface area contributed by atoms with Gasteiger partial charge < -0.3 is 20.5 Å². The molecular weight excluding hydrogens is 482 g/mol. The van der Waals surface area contributed by atoms with Gasteiger partial charge in [0, 0.05) is 23.6 Å². The summed E-state index contributed by atoms with van der Waals surface area (Å²) < 4.78 is 38.8. The lowest BCUT2D eigenvalue weighted by atomic mass is 9.91. The van der Waals surface area contributed by atoms with E-state index in [1.165, 1.54) is 3.97 Å². The topological polar surface area (TPSA) is 130 Å². The number of aromatic nitrogens is 1. The van der Waals surface area contributed by atoms with Crippen LogP contribution in [0.15, 0.2) is 59.6 Å². The number of amides is 2. The van der Waals surface area contributed by atoms with Crippen molar-refractivity contribution in [2.24, 2.45) is 5.73 Å². The van der Waals surface area contributed by atoms with E-state index in [9.17, 15) is 18.0 Å². The zero-order chi connectivity index (χ0) is 26.3. The average molecular weight is 512 g/mol. The number of nitrogens with two attached hydrogens (primary N) is 1. The van der Waals surface area contributed by atoms with E-state index in [0.29, 0.717) is 11.1 Å². The van der Waals surface area contributed by atoms with Crippen LogP contribution in [0.5, 0.6) is 0 Å². The second-order valence-corrected chi connectivity index (χ2v) is 11.7. The van der Waals surface area contributed by atoms with Crippen molar-refractivity contribution in [1.29, 1.82) is 0 Å². The number of hydrogen-bond donors (Lipinski definition) is 2. The van der Waals surface area contributed by atoms with Crippen molar-refractivity contribution < 1.29 is 27.5 Å². The van der Waals surface area contributed by atoms with Gasteiger partial charge in [0.15, 0.2) is 0 Å². The van der Waals surface area contributed by atoms with Crippen LogP contribution in [0.1, 0.15) is 37.5 Å². The van der Waals surface area contributed by atoms with Crippen LogP contribution in [0.2, 0.25) is 0 Å². The summed E-state index contributed by atoms with van der Waals surface area (Å²) in [6.45, 7) is 6.88. The van der Waals surface area contributed by atoms with Gasteiger partial charge in [0.05, 0.1) is 10.4 Å². The highest BCUT2D eigenvalue weighted by Crippen LogP contribution is 2.35. The number of hydrogen-bond acceptors (Lipinski definition) is 6. The number of carbonyl (C=O) groups is 2. The highest BCUT2D eigenvalue weighted by molar-refractivity contribution is 7.90. The summed E-state index contributed by atoms with van der Waals surface area (Å²) in [4.78, 5) is 24.3. The summed E-state index contributed by atoms with van der Waals surface area (Å²) in [6.07, 6.45) is 3.48. The number of nitrogens with one attached hydrogen (secondary N) is 1. The Hall–Kier alpha value is -3.79. The van der Waals surface area contributed by atoms with E-state index in [-0.39, 0.29) is 17.9 Å². The second-order valence-electron chi connectivity index (χ2n) is 9.91. The predicted octanol–water partition coefficient (Wildman–Crippen LogP) is 4.11. The number of ether oxygens (including phenoxy) is 2. The first-order chi connectivity index (χ1) is 16.8. The van der Waals surface area contributed by atoms with Crippen molar-refractivity contribution in [3.05, 3.63) is 71.4 Å². The molecule has 1 aliphatic rings. The molecule has 0 radical (unpaired) electrons. The van der Waals surface area contributed by atoms with Crippen molar-refractivity contribution in [3.8, 4) is 0 Å². The summed E-state index contributed by atoms with van der Waals surface area (Å²) in [5.74, 6) is 0. The maximum absolute atomic E-state index is 13.5. The van der Waals surface area contributed by atoms with Crippen molar-refractivity contribution in [3.63, 3.8) is 0 Å². The van der Waals surface area contributed by atoms with Crippen molar-refractivity contribution in [2.45, 2.75) is 50.2 Å². The molecule has 0 saturated carbocycles. The summed E-state index contributed by atoms with van der Waals surface area (Å²) in [5.41, 5.74) is 6.16. The molecule has 0 saturated heterocycles. The van der Waals surface area contributed by atoms with Crippen LogP contribution in [-0.2, 0) is 25.9 Å². The number of nitrogens with zero attached hydrogens (tertiary/aromatic N) is 1. The van der Waals surface area contributed by atoms with Crippen LogP contribution in [-0.4, -0.2) is 42.3 Å². The maximum atomic E-state index is 13.5. The van der Waals surface area contributed by atoms with E-state index in [1.54, 1.807) is 75.5 Å². The van der Waals surface area contributed by atoms with E-state index in [2.05, 4.69) is 5.32 Å². The zero-order valence-corrected chi connectivity index (χ0v) is 21.4. The molecular formula is C26H29N3O6S. The van der Waals surface area contributed by atoms with Gasteiger partial charge in [-0.15, -0.1) is 0 Å². The number of carbonyl (C=O) groups excluding carboxylic acids is 2. The Balaban J connectivity index is 1.80. The third-order valence-electron chi connectivity index (χ3n) is 5.80. The summed E-state index contributed by atoms with van der Waals surface area (Å²) in [7, 11) is -3.85. The zero-order valence-electron chi connectivity index (χ0n) is 20.6. The first-order valence-electron chi connectivity index (χ1n) is 11.4. The highest BCUT2D eigenvalue weighted by atomic mass is 32.2. The minimum Gasteiger partial charge on any atom is -0.447 e. The van der Waals surface area contributed by atoms with Crippen molar-refractivity contribution in [2.75, 3.05) is 6.61 Å². The van der Waals surface area contributed by atoms with Gasteiger partial charge in [0.1, 0.15) is 17.7 Å². The van der Waals surface area contributed by atoms with Gasteiger partial charge in [-0.1, -0.05) is 42.0 Å². The molecule has 3 N–H and O–H groups in total. The molecule has 190 valence electrons. The van der Waals surface area contributed by atoms with E-state index in [4.69, 9.17) is 15.2 Å². The molecule has 3 aromatic rings. The Morgan fingerprint density at radius 3 is 2.47 bits per heavy atom. The number of benzene rings is 2. The summed E-state index contributed by atoms with van der Waals surface area (Å²) in [6, 6.07) is 12.0. The molecule has 1 aliphatic carbocycles. The van der Waals surface area contributed by atoms with Crippen LogP contribution < -0.4 is 11.1 Å². The molecule has 0 spiro atoms. The Labute approximate surface area is 209 Å². The molecule has 10 heteroatoms. The fraction of sp³-hybridized carbons (Fsp3) is 0.308. The number of rotatable bonds is 5. The second kappa shape index (κ2) is 9.02. The monoisotopic (exact) mass is 511 g/mol. The Bertz CT molecular complexity index is 1470. The van der Waals surface area contributed by atoms with Crippen LogP contribution >= 0.6 is 0 Å². The van der Waals surface area contributed by atoms with Gasteiger partial charge in [0.25, 0.3) is 10.0 Å². The SMILES string of the molecule is Cc1ccc(S(=O)(=O)n2cc3c4c(cccc42)CC(COC(N)=O)(NC(=O)OC(C)(C)C)C=C3)cc1. The van der Waals surface area contributed by atoms with Crippen LogP contribution in [0.4, 0.5) is 9.59 Å². The smallest absolute Gasteiger partial charge is 0.408 e. The molecule has 1 atom stereocenters. The predicted molar refractivity (Wildman–Crippen MR) is 136 cm³/mol. The van der Waals surface area contributed by atoms with Crippen LogP contribution in [0.25, 0.3) is 17.0 Å². The molecule has 36 heavy (non-hydrogen) atoms. The number of aryl methyl sites for hydroxylation is 1. The lowest BCUT2D eigenvalue weighted by molar-refractivity contribution is 0.0425. The van der Waals surface area contributed by atoms with E-state index in [1.807, 2.05) is 13.0 Å². The maximum Gasteiger partial charge on any atom is 0.408 e. The minimum absolute atomic E-state index is 0.179. The normalized spacial score (nSPS) is 17.4. The van der Waals surface area contributed by atoms with Crippen LogP contribution in [0.3, 0.4) is 0 Å². The Morgan fingerprint density at radius 1 is 1.14 bits per heavy atom. The molecule has 1 unspecified atom stereocenters. The molecule has 2 amide bonds. The molecule has 1 heterocycles. The van der Waals surface area contributed by atoms with E-state index < -0.39 is 33.3 Å². The summed E-state index contributed by atoms with van der Waals surface area (Å²) >= 11 is 0. The first kappa shape index (κ1) is 25.3. The fourth-order valence-corrected chi connectivity index (χ4v) is 5.61. The molecule has 0 bridgehead atoms. The van der Waals surface area contributed by atoms with E-state index >= 15 is 0 Å². The van der Waals surface area contributed by atoms with Crippen molar-refractivity contribution >= 4 is 39.2 Å². The van der Waals surface area contributed by atoms with Crippen LogP contribution in [0, 0.1) is 6.92 Å². The Kier molecular flexibility index (Phi) is 6.34. The van der Waals surface area contributed by atoms with E-state index in [0.717, 1.165) is 16.5 Å². The molecule has 2 aromatic carbocycles. The van der Waals surface area contributed by atoms with Gasteiger partial charge in [-0.2, -0.15) is 0 Å². The average Bonchev–Trinajstić information content (AvgIpc) is 3.08. The highest BCUT2D eigenvalue weighted by Gasteiger charge is 2.36. The number of alkyl carbamates (subject to hydrolysis) is 1. The molecule has 0 aliphatic heterocycles. The van der Waals surface area contributed by atoms with Gasteiger partial charge in [-0.3, -0.25) is 0 Å². The Morgan fingerprint density at radius 2 is 1.83 bits per heavy atom. The first-order valence-corrected chi connectivity index (χ1v) is 12.8. The standard InChI is InChI=1S/C26H29N3O6S/c1-17-8-10-20(11-9-17)36(32,33)29-15-19-12-13-26(16-34-23(27)30,28-24(31)35-25(2,3)4)14-18-6-5-7-21(29)22(18)19/h5-13,15H,14,16H2,1-4H3,(H2,27,30)(H,28,31).